The molecular weight excluding hydrogens is 243 g/mol. The van der Waals surface area contributed by atoms with Gasteiger partial charge in [0.25, 0.3) is 0 Å². The Morgan fingerprint density at radius 2 is 1.61 bits per heavy atom. The Kier molecular flexibility index (Phi) is 4.03. The highest BCUT2D eigenvalue weighted by Gasteiger charge is 2.54. The molecule has 0 aromatic carbocycles. The van der Waals surface area contributed by atoms with Crippen molar-refractivity contribution in [2.75, 3.05) is 13.1 Å². The summed E-state index contributed by atoms with van der Waals surface area (Å²) in [6, 6.07) is 0. The SMILES string of the molecule is CCC1(C(F)(F)F)CCN(C(=O)C(C)(C)C)CC1. The van der Waals surface area contributed by atoms with Gasteiger partial charge in [0.05, 0.1) is 5.41 Å². The monoisotopic (exact) mass is 265 g/mol. The second-order valence-corrected chi connectivity index (χ2v) is 6.17. The smallest absolute Gasteiger partial charge is 0.342 e. The maximum atomic E-state index is 13.1. The second-order valence-electron chi connectivity index (χ2n) is 6.17. The van der Waals surface area contributed by atoms with Crippen molar-refractivity contribution in [3.63, 3.8) is 0 Å². The van der Waals surface area contributed by atoms with Crippen molar-refractivity contribution in [1.82, 2.24) is 4.90 Å². The van der Waals surface area contributed by atoms with Crippen LogP contribution < -0.4 is 0 Å². The van der Waals surface area contributed by atoms with Gasteiger partial charge in [-0.25, -0.2) is 0 Å². The molecule has 0 aromatic rings. The van der Waals surface area contributed by atoms with Gasteiger partial charge in [0.2, 0.25) is 5.91 Å². The molecule has 1 aliphatic heterocycles. The van der Waals surface area contributed by atoms with E-state index in [1.165, 1.54) is 0 Å². The van der Waals surface area contributed by atoms with Crippen molar-refractivity contribution in [2.45, 2.75) is 53.1 Å². The quantitative estimate of drug-likeness (QED) is 0.709. The Bertz CT molecular complexity index is 309. The zero-order valence-corrected chi connectivity index (χ0v) is 11.5. The van der Waals surface area contributed by atoms with Crippen molar-refractivity contribution in [2.24, 2.45) is 10.8 Å². The zero-order valence-electron chi connectivity index (χ0n) is 11.5. The molecule has 1 saturated heterocycles. The average molecular weight is 265 g/mol. The number of piperidine rings is 1. The predicted molar refractivity (Wildman–Crippen MR) is 64.0 cm³/mol. The molecule has 1 rings (SSSR count). The van der Waals surface area contributed by atoms with Gasteiger partial charge >= 0.3 is 6.18 Å². The minimum atomic E-state index is -4.17. The Balaban J connectivity index is 2.74. The third kappa shape index (κ3) is 2.81. The molecule has 0 unspecified atom stereocenters. The topological polar surface area (TPSA) is 20.3 Å². The average Bonchev–Trinajstić information content (AvgIpc) is 2.25. The maximum absolute atomic E-state index is 13.1. The molecule has 1 amide bonds. The summed E-state index contributed by atoms with van der Waals surface area (Å²) in [5.41, 5.74) is -2.12. The number of nitrogens with zero attached hydrogens (tertiary/aromatic N) is 1. The first-order chi connectivity index (χ1) is 8.03. The van der Waals surface area contributed by atoms with Crippen molar-refractivity contribution < 1.29 is 18.0 Å². The minimum absolute atomic E-state index is 0.0226. The molecule has 1 aliphatic rings. The van der Waals surface area contributed by atoms with Crippen LogP contribution in [0.2, 0.25) is 0 Å². The minimum Gasteiger partial charge on any atom is -0.342 e. The summed E-state index contributed by atoms with van der Waals surface area (Å²) in [6.45, 7) is 7.38. The van der Waals surface area contributed by atoms with E-state index >= 15 is 0 Å². The van der Waals surface area contributed by atoms with Crippen LogP contribution in [0.3, 0.4) is 0 Å². The molecule has 0 saturated carbocycles. The normalized spacial score (nSPS) is 20.9. The van der Waals surface area contributed by atoms with Crippen LogP contribution in [-0.4, -0.2) is 30.1 Å². The van der Waals surface area contributed by atoms with E-state index in [9.17, 15) is 18.0 Å². The standard InChI is InChI=1S/C13H22F3NO/c1-5-12(13(14,15)16)6-8-17(9-7-12)10(18)11(2,3)4/h5-9H2,1-4H3. The highest BCUT2D eigenvalue weighted by atomic mass is 19.4. The van der Waals surface area contributed by atoms with E-state index in [0.29, 0.717) is 0 Å². The van der Waals surface area contributed by atoms with Crippen LogP contribution in [0.15, 0.2) is 0 Å². The number of amides is 1. The van der Waals surface area contributed by atoms with E-state index in [1.54, 1.807) is 32.6 Å². The third-order valence-electron chi connectivity index (χ3n) is 3.93. The number of hydrogen-bond acceptors (Lipinski definition) is 1. The van der Waals surface area contributed by atoms with Gasteiger partial charge in [-0.15, -0.1) is 0 Å². The predicted octanol–water partition coefficient (Wildman–Crippen LogP) is 3.61. The molecule has 2 nitrogen and oxygen atoms in total. The molecule has 106 valence electrons. The van der Waals surface area contributed by atoms with E-state index in [2.05, 4.69) is 0 Å². The van der Waals surface area contributed by atoms with Gasteiger partial charge in [0.1, 0.15) is 0 Å². The molecule has 0 bridgehead atoms. The summed E-state index contributed by atoms with van der Waals surface area (Å²) in [5.74, 6) is -0.0608. The molecule has 0 aromatic heterocycles. The van der Waals surface area contributed by atoms with Gasteiger partial charge in [-0.3, -0.25) is 4.79 Å². The van der Waals surface area contributed by atoms with Crippen molar-refractivity contribution in [3.05, 3.63) is 0 Å². The van der Waals surface area contributed by atoms with Crippen LogP contribution in [-0.2, 0) is 4.79 Å². The Morgan fingerprint density at radius 1 is 1.17 bits per heavy atom. The van der Waals surface area contributed by atoms with Gasteiger partial charge in [-0.1, -0.05) is 27.7 Å². The summed E-state index contributed by atoms with van der Waals surface area (Å²) >= 11 is 0. The van der Waals surface area contributed by atoms with Crippen LogP contribution in [0.4, 0.5) is 13.2 Å². The van der Waals surface area contributed by atoms with Crippen LogP contribution >= 0.6 is 0 Å². The summed E-state index contributed by atoms with van der Waals surface area (Å²) in [7, 11) is 0. The number of carbonyl (C=O) groups excluding carboxylic acids is 1. The number of halogens is 3. The molecule has 0 aliphatic carbocycles. The first kappa shape index (κ1) is 15.3. The van der Waals surface area contributed by atoms with Crippen LogP contribution in [0, 0.1) is 10.8 Å². The second kappa shape index (κ2) is 4.74. The molecule has 0 N–H and O–H groups in total. The van der Waals surface area contributed by atoms with Crippen LogP contribution in [0.5, 0.6) is 0 Å². The Hall–Kier alpha value is -0.740. The van der Waals surface area contributed by atoms with Crippen molar-refractivity contribution in [3.8, 4) is 0 Å². The van der Waals surface area contributed by atoms with Gasteiger partial charge < -0.3 is 4.90 Å². The molecule has 0 atom stereocenters. The van der Waals surface area contributed by atoms with E-state index in [-0.39, 0.29) is 38.3 Å². The Labute approximate surface area is 107 Å². The maximum Gasteiger partial charge on any atom is 0.394 e. The summed E-state index contributed by atoms with van der Waals surface area (Å²) < 4.78 is 39.2. The lowest BCUT2D eigenvalue weighted by molar-refractivity contribution is -0.239. The van der Waals surface area contributed by atoms with Gasteiger partial charge in [-0.05, 0) is 19.3 Å². The summed E-state index contributed by atoms with van der Waals surface area (Å²) in [6.07, 6.45) is -4.03. The Morgan fingerprint density at radius 3 is 1.89 bits per heavy atom. The molecule has 0 radical (unpaired) electrons. The fourth-order valence-corrected chi connectivity index (χ4v) is 2.45. The first-order valence-corrected chi connectivity index (χ1v) is 6.39. The van der Waals surface area contributed by atoms with E-state index < -0.39 is 17.0 Å². The molecule has 1 fully saturated rings. The number of hydrogen-bond donors (Lipinski definition) is 0. The number of alkyl halides is 3. The molecule has 18 heavy (non-hydrogen) atoms. The lowest BCUT2D eigenvalue weighted by atomic mass is 9.75. The fourth-order valence-electron chi connectivity index (χ4n) is 2.45. The van der Waals surface area contributed by atoms with E-state index in [1.807, 2.05) is 0 Å². The number of likely N-dealkylation sites (tertiary alicyclic amines) is 1. The van der Waals surface area contributed by atoms with Gasteiger partial charge in [0, 0.05) is 18.5 Å². The van der Waals surface area contributed by atoms with E-state index in [4.69, 9.17) is 0 Å². The van der Waals surface area contributed by atoms with Crippen LogP contribution in [0.1, 0.15) is 47.0 Å². The molecule has 0 spiro atoms. The number of rotatable bonds is 1. The zero-order chi connectivity index (χ0) is 14.2. The van der Waals surface area contributed by atoms with Crippen LogP contribution in [0.25, 0.3) is 0 Å². The molecular formula is C13H22F3NO. The largest absolute Gasteiger partial charge is 0.394 e. The lowest BCUT2D eigenvalue weighted by Gasteiger charge is -2.43. The molecule has 5 heteroatoms. The summed E-state index contributed by atoms with van der Waals surface area (Å²) in [4.78, 5) is 13.6. The first-order valence-electron chi connectivity index (χ1n) is 6.39. The van der Waals surface area contributed by atoms with Gasteiger partial charge in [0.15, 0.2) is 0 Å². The molecule has 1 heterocycles. The highest BCUT2D eigenvalue weighted by Crippen LogP contribution is 2.48. The van der Waals surface area contributed by atoms with Crippen molar-refractivity contribution in [1.29, 1.82) is 0 Å². The van der Waals surface area contributed by atoms with Crippen molar-refractivity contribution >= 4 is 5.91 Å². The summed E-state index contributed by atoms with van der Waals surface area (Å²) in [5, 5.41) is 0. The van der Waals surface area contributed by atoms with E-state index in [0.717, 1.165) is 0 Å². The fraction of sp³-hybridized carbons (Fsp3) is 0.923. The number of carbonyl (C=O) groups is 1. The highest BCUT2D eigenvalue weighted by molar-refractivity contribution is 5.81. The van der Waals surface area contributed by atoms with Gasteiger partial charge in [-0.2, -0.15) is 13.2 Å². The lowest BCUT2D eigenvalue weighted by Crippen LogP contribution is -2.51. The third-order valence-corrected chi connectivity index (χ3v) is 3.93.